The maximum absolute atomic E-state index is 12.2. The molecule has 0 aliphatic rings. The van der Waals surface area contributed by atoms with E-state index in [4.69, 9.17) is 9.47 Å². The highest BCUT2D eigenvalue weighted by molar-refractivity contribution is 7.85. The van der Waals surface area contributed by atoms with E-state index in [0.29, 0.717) is 31.3 Å². The molecule has 1 aromatic rings. The minimum absolute atomic E-state index is 0.246. The molecular weight excluding hydrogens is 272 g/mol. The summed E-state index contributed by atoms with van der Waals surface area (Å²) in [6, 6.07) is 8.03. The highest BCUT2D eigenvalue weighted by Gasteiger charge is 2.12. The Morgan fingerprint density at radius 2 is 1.60 bits per heavy atom. The number of ether oxygens (including phenoxy) is 2. The zero-order valence-electron chi connectivity index (χ0n) is 12.9. The van der Waals surface area contributed by atoms with Crippen molar-refractivity contribution in [2.24, 2.45) is 0 Å². The molecule has 0 aliphatic heterocycles. The van der Waals surface area contributed by atoms with Crippen LogP contribution in [0, 0.1) is 0 Å². The fourth-order valence-electron chi connectivity index (χ4n) is 1.91. The second-order valence-electron chi connectivity index (χ2n) is 4.90. The highest BCUT2D eigenvalue weighted by atomic mass is 32.2. The molecule has 1 atom stereocenters. The molecule has 0 aromatic heterocycles. The van der Waals surface area contributed by atoms with E-state index in [-0.39, 0.29) is 6.29 Å². The van der Waals surface area contributed by atoms with Crippen LogP contribution in [-0.2, 0) is 20.3 Å². The van der Waals surface area contributed by atoms with Gasteiger partial charge in [0.2, 0.25) is 0 Å². The van der Waals surface area contributed by atoms with Crippen molar-refractivity contribution in [1.82, 2.24) is 0 Å². The van der Waals surface area contributed by atoms with Crippen LogP contribution in [0.25, 0.3) is 0 Å². The van der Waals surface area contributed by atoms with E-state index in [9.17, 15) is 4.21 Å². The standard InChI is InChI=1S/C16H26O3S/c1-5-18-16(19-6-2)11-12-20(17)15-9-7-14(8-10-15)13(3)4/h7-10,13,16H,5-6,11-12H2,1-4H3. The van der Waals surface area contributed by atoms with Crippen molar-refractivity contribution < 1.29 is 13.7 Å². The molecule has 0 saturated carbocycles. The summed E-state index contributed by atoms with van der Waals surface area (Å²) in [5, 5.41) is 0. The molecule has 3 nitrogen and oxygen atoms in total. The van der Waals surface area contributed by atoms with Gasteiger partial charge < -0.3 is 9.47 Å². The van der Waals surface area contributed by atoms with Crippen LogP contribution in [0.1, 0.15) is 45.6 Å². The number of hydrogen-bond donors (Lipinski definition) is 0. The molecule has 0 fully saturated rings. The third kappa shape index (κ3) is 5.73. The van der Waals surface area contributed by atoms with Crippen LogP contribution in [0.4, 0.5) is 0 Å². The molecule has 20 heavy (non-hydrogen) atoms. The first kappa shape index (κ1) is 17.3. The smallest absolute Gasteiger partial charge is 0.158 e. The van der Waals surface area contributed by atoms with Gasteiger partial charge >= 0.3 is 0 Å². The number of rotatable bonds is 9. The van der Waals surface area contributed by atoms with Gasteiger partial charge in [-0.3, -0.25) is 4.21 Å². The van der Waals surface area contributed by atoms with Crippen LogP contribution in [0.2, 0.25) is 0 Å². The van der Waals surface area contributed by atoms with Gasteiger partial charge in [0, 0.05) is 30.3 Å². The summed E-state index contributed by atoms with van der Waals surface area (Å²) in [5.74, 6) is 1.06. The molecule has 0 bridgehead atoms. The molecular formula is C16H26O3S. The summed E-state index contributed by atoms with van der Waals surface area (Å²) in [5.41, 5.74) is 1.27. The molecule has 1 rings (SSSR count). The van der Waals surface area contributed by atoms with Crippen molar-refractivity contribution in [2.75, 3.05) is 19.0 Å². The van der Waals surface area contributed by atoms with Crippen LogP contribution in [0.5, 0.6) is 0 Å². The van der Waals surface area contributed by atoms with Crippen molar-refractivity contribution in [3.8, 4) is 0 Å². The van der Waals surface area contributed by atoms with Crippen molar-refractivity contribution in [3.05, 3.63) is 29.8 Å². The van der Waals surface area contributed by atoms with Crippen molar-refractivity contribution in [2.45, 2.75) is 51.2 Å². The van der Waals surface area contributed by atoms with Gasteiger partial charge in [0.15, 0.2) is 6.29 Å². The summed E-state index contributed by atoms with van der Waals surface area (Å²) in [4.78, 5) is 0.876. The van der Waals surface area contributed by atoms with Gasteiger partial charge in [0.1, 0.15) is 0 Å². The van der Waals surface area contributed by atoms with Gasteiger partial charge in [-0.05, 0) is 37.5 Å². The zero-order valence-corrected chi connectivity index (χ0v) is 13.7. The Bertz CT molecular complexity index is 395. The molecule has 0 aliphatic carbocycles. The van der Waals surface area contributed by atoms with Gasteiger partial charge in [-0.1, -0.05) is 26.0 Å². The lowest BCUT2D eigenvalue weighted by atomic mass is 10.0. The Morgan fingerprint density at radius 3 is 2.05 bits per heavy atom. The summed E-state index contributed by atoms with van der Waals surface area (Å²) < 4.78 is 23.2. The molecule has 0 radical (unpaired) electrons. The third-order valence-electron chi connectivity index (χ3n) is 3.05. The lowest BCUT2D eigenvalue weighted by Gasteiger charge is -2.16. The van der Waals surface area contributed by atoms with E-state index in [2.05, 4.69) is 26.0 Å². The Kier molecular flexibility index (Phi) is 8.04. The van der Waals surface area contributed by atoms with Crippen LogP contribution in [-0.4, -0.2) is 29.5 Å². The molecule has 1 unspecified atom stereocenters. The maximum atomic E-state index is 12.2. The van der Waals surface area contributed by atoms with E-state index in [1.54, 1.807) is 0 Å². The van der Waals surface area contributed by atoms with E-state index < -0.39 is 10.8 Å². The first-order chi connectivity index (χ1) is 9.58. The van der Waals surface area contributed by atoms with E-state index in [1.165, 1.54) is 5.56 Å². The molecule has 0 saturated heterocycles. The predicted molar refractivity (Wildman–Crippen MR) is 83.5 cm³/mol. The molecule has 0 amide bonds. The van der Waals surface area contributed by atoms with Gasteiger partial charge in [0.05, 0.1) is 10.8 Å². The number of benzene rings is 1. The second-order valence-corrected chi connectivity index (χ2v) is 6.47. The summed E-state index contributed by atoms with van der Waals surface area (Å²) in [7, 11) is -0.993. The second kappa shape index (κ2) is 9.27. The van der Waals surface area contributed by atoms with Crippen LogP contribution in [0.15, 0.2) is 29.2 Å². The summed E-state index contributed by atoms with van der Waals surface area (Å²) in [6.07, 6.45) is 0.407. The monoisotopic (exact) mass is 298 g/mol. The summed E-state index contributed by atoms with van der Waals surface area (Å²) >= 11 is 0. The van der Waals surface area contributed by atoms with Crippen molar-refractivity contribution >= 4 is 10.8 Å². The van der Waals surface area contributed by atoms with E-state index in [0.717, 1.165) is 4.90 Å². The molecule has 4 heteroatoms. The first-order valence-corrected chi connectivity index (χ1v) is 8.61. The van der Waals surface area contributed by atoms with Crippen LogP contribution < -0.4 is 0 Å². The van der Waals surface area contributed by atoms with Gasteiger partial charge in [0.25, 0.3) is 0 Å². The Labute approximate surface area is 125 Å². The SMILES string of the molecule is CCOC(CCS(=O)c1ccc(C(C)C)cc1)OCC. The van der Waals surface area contributed by atoms with Crippen molar-refractivity contribution in [3.63, 3.8) is 0 Å². The molecule has 0 spiro atoms. The fraction of sp³-hybridized carbons (Fsp3) is 0.625. The van der Waals surface area contributed by atoms with Crippen molar-refractivity contribution in [1.29, 1.82) is 0 Å². The zero-order chi connectivity index (χ0) is 15.0. The van der Waals surface area contributed by atoms with Gasteiger partial charge in [-0.2, -0.15) is 0 Å². The van der Waals surface area contributed by atoms with E-state index >= 15 is 0 Å². The quantitative estimate of drug-likeness (QED) is 0.652. The highest BCUT2D eigenvalue weighted by Crippen LogP contribution is 2.17. The fourth-order valence-corrected chi connectivity index (χ4v) is 2.99. The first-order valence-electron chi connectivity index (χ1n) is 7.30. The minimum atomic E-state index is -0.993. The topological polar surface area (TPSA) is 35.5 Å². The average Bonchev–Trinajstić information content (AvgIpc) is 2.45. The van der Waals surface area contributed by atoms with Gasteiger partial charge in [-0.15, -0.1) is 0 Å². The summed E-state index contributed by atoms with van der Waals surface area (Å²) in [6.45, 7) is 9.41. The predicted octanol–water partition coefficient (Wildman–Crippen LogP) is 3.71. The van der Waals surface area contributed by atoms with Crippen LogP contribution >= 0.6 is 0 Å². The van der Waals surface area contributed by atoms with Gasteiger partial charge in [-0.25, -0.2) is 0 Å². The van der Waals surface area contributed by atoms with Crippen LogP contribution in [0.3, 0.4) is 0 Å². The Morgan fingerprint density at radius 1 is 1.05 bits per heavy atom. The lowest BCUT2D eigenvalue weighted by molar-refractivity contribution is -0.136. The molecule has 114 valence electrons. The Balaban J connectivity index is 2.53. The maximum Gasteiger partial charge on any atom is 0.158 e. The lowest BCUT2D eigenvalue weighted by Crippen LogP contribution is -2.20. The molecule has 0 N–H and O–H groups in total. The Hall–Kier alpha value is -0.710. The largest absolute Gasteiger partial charge is 0.353 e. The normalized spacial score (nSPS) is 13.1. The number of hydrogen-bond acceptors (Lipinski definition) is 3. The average molecular weight is 298 g/mol. The molecule has 1 aromatic carbocycles. The molecule has 0 heterocycles. The minimum Gasteiger partial charge on any atom is -0.353 e. The third-order valence-corrected chi connectivity index (χ3v) is 4.46. The van der Waals surface area contributed by atoms with E-state index in [1.807, 2.05) is 26.0 Å².